The predicted molar refractivity (Wildman–Crippen MR) is 187 cm³/mol. The van der Waals surface area contributed by atoms with E-state index in [0.717, 1.165) is 25.7 Å². The molecule has 0 fully saturated rings. The van der Waals surface area contributed by atoms with Crippen LogP contribution in [0.3, 0.4) is 0 Å². The van der Waals surface area contributed by atoms with Gasteiger partial charge in [0.2, 0.25) is 11.8 Å². The molecule has 1 unspecified atom stereocenters. The van der Waals surface area contributed by atoms with Gasteiger partial charge in [-0.1, -0.05) is 84.3 Å². The first-order valence-electron chi connectivity index (χ1n) is 17.4. The summed E-state index contributed by atoms with van der Waals surface area (Å²) < 4.78 is 10.2. The number of rotatable bonds is 25. The number of carbonyl (C=O) groups is 5. The molecule has 10 heteroatoms. The Kier molecular flexibility index (Phi) is 21.5. The van der Waals surface area contributed by atoms with Crippen molar-refractivity contribution in [1.29, 1.82) is 0 Å². The van der Waals surface area contributed by atoms with E-state index in [4.69, 9.17) is 9.47 Å². The van der Waals surface area contributed by atoms with Crippen molar-refractivity contribution in [2.45, 2.75) is 137 Å². The van der Waals surface area contributed by atoms with Gasteiger partial charge in [-0.2, -0.15) is 0 Å². The lowest BCUT2D eigenvalue weighted by Crippen LogP contribution is -2.49. The maximum atomic E-state index is 12.7. The molecule has 47 heavy (non-hydrogen) atoms. The predicted octanol–water partition coefficient (Wildman–Crippen LogP) is 7.63. The van der Waals surface area contributed by atoms with E-state index in [2.05, 4.69) is 35.0 Å². The molecule has 0 bridgehead atoms. The summed E-state index contributed by atoms with van der Waals surface area (Å²) in [5.41, 5.74) is 0.225. The minimum Gasteiger partial charge on any atom is -0.465 e. The Morgan fingerprint density at radius 2 is 1.19 bits per heavy atom. The molecule has 3 N–H and O–H groups in total. The molecule has 3 amide bonds. The number of unbranched alkanes of at least 4 members (excludes halogenated alkanes) is 11. The van der Waals surface area contributed by atoms with Crippen LogP contribution in [0.25, 0.3) is 0 Å². The lowest BCUT2D eigenvalue weighted by molar-refractivity contribution is -0.166. The van der Waals surface area contributed by atoms with E-state index in [1.54, 1.807) is 38.1 Å². The van der Waals surface area contributed by atoms with Crippen LogP contribution in [-0.2, 0) is 33.4 Å². The Morgan fingerprint density at radius 1 is 0.702 bits per heavy atom. The van der Waals surface area contributed by atoms with Crippen molar-refractivity contribution in [3.05, 3.63) is 36.4 Å². The molecule has 0 aliphatic carbocycles. The van der Waals surface area contributed by atoms with Crippen molar-refractivity contribution in [3.8, 4) is 0 Å². The second kappa shape index (κ2) is 24.5. The van der Waals surface area contributed by atoms with Crippen LogP contribution in [-0.4, -0.2) is 48.9 Å². The number of nitrogens with one attached hydrogen (secondary N) is 3. The van der Waals surface area contributed by atoms with Crippen molar-refractivity contribution in [2.75, 3.05) is 23.8 Å². The van der Waals surface area contributed by atoms with Crippen molar-refractivity contribution < 1.29 is 33.4 Å². The molecule has 0 aromatic heterocycles. The van der Waals surface area contributed by atoms with Crippen molar-refractivity contribution in [1.82, 2.24) is 5.32 Å². The molecular formula is C37H59N3O7. The number of allylic oxidation sites excluding steroid dienone is 2. The van der Waals surface area contributed by atoms with Gasteiger partial charge in [0.25, 0.3) is 5.91 Å². The highest BCUT2D eigenvalue weighted by Gasteiger charge is 2.39. The Labute approximate surface area is 282 Å². The SMILES string of the molecule is CCCCCCCCC=CCCCCCCCC(=O)Nc1ccc(NC(=O)CCNC(=O)C(OC(C)=O)C(C)(C)COC(C)=O)cc1. The van der Waals surface area contributed by atoms with E-state index in [9.17, 15) is 24.0 Å². The van der Waals surface area contributed by atoms with Gasteiger partial charge in [0.1, 0.15) is 6.61 Å². The number of benzene rings is 1. The third-order valence-corrected chi connectivity index (χ3v) is 7.65. The van der Waals surface area contributed by atoms with E-state index >= 15 is 0 Å². The molecule has 0 heterocycles. The second-order valence-electron chi connectivity index (χ2n) is 12.8. The maximum absolute atomic E-state index is 12.7. The summed E-state index contributed by atoms with van der Waals surface area (Å²) in [5, 5.41) is 8.26. The number of esters is 2. The lowest BCUT2D eigenvalue weighted by Gasteiger charge is -2.31. The molecule has 0 saturated heterocycles. The van der Waals surface area contributed by atoms with Crippen LogP contribution < -0.4 is 16.0 Å². The Hall–Kier alpha value is -3.69. The molecule has 10 nitrogen and oxygen atoms in total. The zero-order valence-electron chi connectivity index (χ0n) is 29.4. The zero-order chi connectivity index (χ0) is 34.9. The van der Waals surface area contributed by atoms with Crippen LogP contribution in [0.5, 0.6) is 0 Å². The lowest BCUT2D eigenvalue weighted by atomic mass is 9.86. The summed E-state index contributed by atoms with van der Waals surface area (Å²) in [7, 11) is 0. The van der Waals surface area contributed by atoms with Gasteiger partial charge in [-0.3, -0.25) is 24.0 Å². The minimum absolute atomic E-state index is 0.0105. The molecule has 1 atom stereocenters. The van der Waals surface area contributed by atoms with E-state index < -0.39 is 29.4 Å². The van der Waals surface area contributed by atoms with Crippen LogP contribution in [0.1, 0.15) is 131 Å². The van der Waals surface area contributed by atoms with Crippen LogP contribution in [0, 0.1) is 5.41 Å². The number of ether oxygens (including phenoxy) is 2. The topological polar surface area (TPSA) is 140 Å². The van der Waals surface area contributed by atoms with Gasteiger partial charge in [0, 0.05) is 50.0 Å². The third-order valence-electron chi connectivity index (χ3n) is 7.65. The molecule has 0 radical (unpaired) electrons. The first kappa shape index (κ1) is 41.3. The average molecular weight is 658 g/mol. The van der Waals surface area contributed by atoms with Crippen LogP contribution in [0.15, 0.2) is 36.4 Å². The fraction of sp³-hybridized carbons (Fsp3) is 0.649. The summed E-state index contributed by atoms with van der Waals surface area (Å²) in [6.45, 7) is 7.85. The summed E-state index contributed by atoms with van der Waals surface area (Å²) in [6.07, 6.45) is 19.7. The van der Waals surface area contributed by atoms with Gasteiger partial charge in [0.05, 0.1) is 0 Å². The minimum atomic E-state index is -1.21. The molecule has 1 aromatic carbocycles. The molecule has 1 aromatic rings. The van der Waals surface area contributed by atoms with Crippen LogP contribution >= 0.6 is 0 Å². The quantitative estimate of drug-likeness (QED) is 0.0558. The maximum Gasteiger partial charge on any atom is 0.303 e. The molecule has 1 rings (SSSR count). The molecule has 0 aliphatic rings. The van der Waals surface area contributed by atoms with Gasteiger partial charge in [-0.05, 0) is 56.4 Å². The van der Waals surface area contributed by atoms with Crippen molar-refractivity contribution in [2.24, 2.45) is 5.41 Å². The van der Waals surface area contributed by atoms with Crippen molar-refractivity contribution in [3.63, 3.8) is 0 Å². The van der Waals surface area contributed by atoms with Gasteiger partial charge >= 0.3 is 11.9 Å². The fourth-order valence-electron chi connectivity index (χ4n) is 4.93. The van der Waals surface area contributed by atoms with E-state index in [-0.39, 0.29) is 31.4 Å². The van der Waals surface area contributed by atoms with Gasteiger partial charge in [0.15, 0.2) is 6.10 Å². The highest BCUT2D eigenvalue weighted by molar-refractivity contribution is 5.93. The zero-order valence-corrected chi connectivity index (χ0v) is 29.4. The Balaban J connectivity index is 2.25. The van der Waals surface area contributed by atoms with E-state index in [1.165, 1.54) is 71.6 Å². The number of amides is 3. The first-order valence-corrected chi connectivity index (χ1v) is 17.4. The first-order chi connectivity index (χ1) is 22.4. The molecule has 0 saturated carbocycles. The van der Waals surface area contributed by atoms with Crippen LogP contribution in [0.4, 0.5) is 11.4 Å². The monoisotopic (exact) mass is 657 g/mol. The number of hydrogen-bond acceptors (Lipinski definition) is 7. The Morgan fingerprint density at radius 3 is 1.70 bits per heavy atom. The van der Waals surface area contributed by atoms with Gasteiger partial charge in [-0.15, -0.1) is 0 Å². The fourth-order valence-corrected chi connectivity index (χ4v) is 4.93. The number of anilines is 2. The summed E-state index contributed by atoms with van der Waals surface area (Å²) in [4.78, 5) is 60.3. The van der Waals surface area contributed by atoms with Crippen LogP contribution in [0.2, 0.25) is 0 Å². The molecular weight excluding hydrogens is 598 g/mol. The summed E-state index contributed by atoms with van der Waals surface area (Å²) in [6, 6.07) is 6.85. The summed E-state index contributed by atoms with van der Waals surface area (Å²) in [5.74, 6) is -2.11. The number of hydrogen-bond donors (Lipinski definition) is 3. The third kappa shape index (κ3) is 20.9. The van der Waals surface area contributed by atoms with Crippen molar-refractivity contribution >= 4 is 41.0 Å². The van der Waals surface area contributed by atoms with Gasteiger partial charge < -0.3 is 25.4 Å². The highest BCUT2D eigenvalue weighted by Crippen LogP contribution is 2.25. The smallest absolute Gasteiger partial charge is 0.303 e. The average Bonchev–Trinajstić information content (AvgIpc) is 3.01. The normalized spacial score (nSPS) is 11.9. The largest absolute Gasteiger partial charge is 0.465 e. The molecule has 0 aliphatic heterocycles. The molecule has 0 spiro atoms. The number of carbonyl (C=O) groups excluding carboxylic acids is 5. The van der Waals surface area contributed by atoms with Gasteiger partial charge in [-0.25, -0.2) is 0 Å². The summed E-state index contributed by atoms with van der Waals surface area (Å²) >= 11 is 0. The Bertz CT molecular complexity index is 1120. The second-order valence-corrected chi connectivity index (χ2v) is 12.8. The molecule has 264 valence electrons. The van der Waals surface area contributed by atoms with E-state index in [1.807, 2.05) is 0 Å². The highest BCUT2D eigenvalue weighted by atomic mass is 16.6. The van der Waals surface area contributed by atoms with E-state index in [0.29, 0.717) is 17.8 Å². The standard InChI is InChI=1S/C37H59N3O7/c1-6-7-8-9-10-11-12-13-14-15-16-17-18-19-20-21-33(43)39-31-22-24-32(25-23-31)40-34(44)26-27-38-36(45)35(47-30(3)42)37(4,5)28-46-29(2)41/h13-14,22-25,35H,6-12,15-21,26-28H2,1-5H3,(H,38,45)(H,39,43)(H,40,44).